The van der Waals surface area contributed by atoms with Crippen LogP contribution in [0.5, 0.6) is 0 Å². The summed E-state index contributed by atoms with van der Waals surface area (Å²) in [5.41, 5.74) is 0.451. The highest BCUT2D eigenvalue weighted by molar-refractivity contribution is 5.92. The lowest BCUT2D eigenvalue weighted by Gasteiger charge is -2.41. The average molecular weight is 277 g/mol. The van der Waals surface area contributed by atoms with Crippen molar-refractivity contribution in [3.05, 3.63) is 17.5 Å². The number of amides is 1. The Kier molecular flexibility index (Phi) is 3.54. The highest BCUT2D eigenvalue weighted by Crippen LogP contribution is 2.26. The monoisotopic (exact) mass is 277 g/mol. The molecule has 1 amide bonds. The highest BCUT2D eigenvalue weighted by atomic mass is 16.5. The molecular weight excluding hydrogens is 254 g/mol. The van der Waals surface area contributed by atoms with Gasteiger partial charge in [0, 0.05) is 37.2 Å². The van der Waals surface area contributed by atoms with Crippen molar-refractivity contribution in [2.45, 2.75) is 51.6 Å². The maximum Gasteiger partial charge on any atom is 0.276 e. The Morgan fingerprint density at radius 2 is 2.25 bits per heavy atom. The molecule has 110 valence electrons. The van der Waals surface area contributed by atoms with Crippen molar-refractivity contribution in [3.63, 3.8) is 0 Å². The summed E-state index contributed by atoms with van der Waals surface area (Å²) in [7, 11) is 0. The zero-order valence-electron chi connectivity index (χ0n) is 12.5. The van der Waals surface area contributed by atoms with Crippen molar-refractivity contribution < 1.29 is 9.32 Å². The number of piperazine rings is 1. The molecule has 20 heavy (non-hydrogen) atoms. The molecule has 5 heteroatoms. The fraction of sp³-hybridized carbons (Fsp3) is 0.733. The molecule has 2 aliphatic heterocycles. The second-order valence-corrected chi connectivity index (χ2v) is 6.37. The average Bonchev–Trinajstić information content (AvgIpc) is 3.05. The molecule has 1 aromatic heterocycles. The van der Waals surface area contributed by atoms with Gasteiger partial charge < -0.3 is 9.42 Å². The van der Waals surface area contributed by atoms with E-state index in [9.17, 15) is 4.79 Å². The summed E-state index contributed by atoms with van der Waals surface area (Å²) in [5, 5.41) is 3.95. The lowest BCUT2D eigenvalue weighted by molar-refractivity contribution is 0.0386. The van der Waals surface area contributed by atoms with Gasteiger partial charge in [0.2, 0.25) is 0 Å². The van der Waals surface area contributed by atoms with E-state index in [1.54, 1.807) is 6.07 Å². The predicted molar refractivity (Wildman–Crippen MR) is 75.7 cm³/mol. The maximum absolute atomic E-state index is 12.6. The third-order valence-corrected chi connectivity index (χ3v) is 4.51. The first kappa shape index (κ1) is 13.6. The maximum atomic E-state index is 12.6. The van der Waals surface area contributed by atoms with Crippen LogP contribution < -0.4 is 0 Å². The summed E-state index contributed by atoms with van der Waals surface area (Å²) >= 11 is 0. The Balaban J connectivity index is 1.75. The molecule has 0 radical (unpaired) electrons. The third-order valence-electron chi connectivity index (χ3n) is 4.51. The van der Waals surface area contributed by atoms with E-state index >= 15 is 0 Å². The summed E-state index contributed by atoms with van der Waals surface area (Å²) in [6.07, 6.45) is 2.45. The van der Waals surface area contributed by atoms with Crippen LogP contribution in [0.1, 0.15) is 55.8 Å². The summed E-state index contributed by atoms with van der Waals surface area (Å²) in [4.78, 5) is 17.1. The molecule has 5 nitrogen and oxygen atoms in total. The van der Waals surface area contributed by atoms with Gasteiger partial charge >= 0.3 is 0 Å². The second kappa shape index (κ2) is 5.20. The van der Waals surface area contributed by atoms with E-state index in [0.717, 1.165) is 18.8 Å². The topological polar surface area (TPSA) is 49.6 Å². The molecule has 2 atom stereocenters. The van der Waals surface area contributed by atoms with Crippen LogP contribution in [0.25, 0.3) is 0 Å². The Morgan fingerprint density at radius 3 is 2.95 bits per heavy atom. The van der Waals surface area contributed by atoms with Crippen molar-refractivity contribution in [3.8, 4) is 0 Å². The second-order valence-electron chi connectivity index (χ2n) is 6.37. The number of carbonyl (C=O) groups excluding carboxylic acids is 1. The lowest BCUT2D eigenvalue weighted by atomic mass is 10.1. The van der Waals surface area contributed by atoms with Crippen molar-refractivity contribution in [1.29, 1.82) is 0 Å². The first-order valence-electron chi connectivity index (χ1n) is 7.58. The van der Waals surface area contributed by atoms with Gasteiger partial charge in [-0.2, -0.15) is 0 Å². The molecule has 0 bridgehead atoms. The van der Waals surface area contributed by atoms with E-state index in [2.05, 4.69) is 17.0 Å². The Morgan fingerprint density at radius 1 is 1.45 bits per heavy atom. The van der Waals surface area contributed by atoms with Crippen LogP contribution in [0.2, 0.25) is 0 Å². The van der Waals surface area contributed by atoms with E-state index in [0.29, 0.717) is 11.7 Å². The smallest absolute Gasteiger partial charge is 0.276 e. The minimum atomic E-state index is 0.0136. The summed E-state index contributed by atoms with van der Waals surface area (Å²) in [6, 6.07) is 2.57. The van der Waals surface area contributed by atoms with Gasteiger partial charge in [0.15, 0.2) is 5.69 Å². The van der Waals surface area contributed by atoms with Crippen molar-refractivity contribution in [2.24, 2.45) is 0 Å². The van der Waals surface area contributed by atoms with Gasteiger partial charge in [-0.3, -0.25) is 9.69 Å². The standard InChI is InChI=1S/C15H23N3O2/c1-10(2)14-7-13(16-20-14)15(19)18-9-12-5-4-6-17(12)8-11(18)3/h7,10-12H,4-6,8-9H2,1-3H3/t11-,12+/m1/s1. The number of fused-ring (bicyclic) bond motifs is 1. The zero-order valence-corrected chi connectivity index (χ0v) is 12.5. The van der Waals surface area contributed by atoms with Crippen molar-refractivity contribution >= 4 is 5.91 Å². The molecule has 0 aliphatic carbocycles. The van der Waals surface area contributed by atoms with E-state index in [1.807, 2.05) is 18.7 Å². The van der Waals surface area contributed by atoms with Crippen LogP contribution in [-0.2, 0) is 0 Å². The molecule has 1 aromatic rings. The van der Waals surface area contributed by atoms with Crippen LogP contribution in [0.15, 0.2) is 10.6 Å². The highest BCUT2D eigenvalue weighted by Gasteiger charge is 2.37. The number of hydrogen-bond donors (Lipinski definition) is 0. The largest absolute Gasteiger partial charge is 0.360 e. The summed E-state index contributed by atoms with van der Waals surface area (Å²) in [6.45, 7) is 9.17. The quantitative estimate of drug-likeness (QED) is 0.830. The number of hydrogen-bond acceptors (Lipinski definition) is 4. The molecule has 3 rings (SSSR count). The minimum Gasteiger partial charge on any atom is -0.360 e. The Hall–Kier alpha value is -1.36. The Bertz CT molecular complexity index is 497. The molecule has 2 aliphatic rings. The van der Waals surface area contributed by atoms with Crippen LogP contribution >= 0.6 is 0 Å². The normalized spacial score (nSPS) is 27.1. The van der Waals surface area contributed by atoms with E-state index in [-0.39, 0.29) is 17.9 Å². The molecule has 2 fully saturated rings. The van der Waals surface area contributed by atoms with Gasteiger partial charge in [-0.1, -0.05) is 19.0 Å². The van der Waals surface area contributed by atoms with Crippen LogP contribution in [0.4, 0.5) is 0 Å². The fourth-order valence-corrected chi connectivity index (χ4v) is 3.28. The minimum absolute atomic E-state index is 0.0136. The number of nitrogens with zero attached hydrogens (tertiary/aromatic N) is 3. The van der Waals surface area contributed by atoms with Gasteiger partial charge in [-0.05, 0) is 26.3 Å². The van der Waals surface area contributed by atoms with E-state index in [4.69, 9.17) is 4.52 Å². The van der Waals surface area contributed by atoms with Crippen molar-refractivity contribution in [2.75, 3.05) is 19.6 Å². The van der Waals surface area contributed by atoms with E-state index in [1.165, 1.54) is 19.4 Å². The molecule has 0 saturated carbocycles. The molecule has 3 heterocycles. The van der Waals surface area contributed by atoms with Crippen LogP contribution in [-0.4, -0.2) is 52.6 Å². The third kappa shape index (κ3) is 2.35. The van der Waals surface area contributed by atoms with Gasteiger partial charge in [-0.15, -0.1) is 0 Å². The number of rotatable bonds is 2. The van der Waals surface area contributed by atoms with E-state index < -0.39 is 0 Å². The fourth-order valence-electron chi connectivity index (χ4n) is 3.28. The van der Waals surface area contributed by atoms with Gasteiger partial charge in [0.1, 0.15) is 5.76 Å². The van der Waals surface area contributed by atoms with Crippen LogP contribution in [0.3, 0.4) is 0 Å². The first-order chi connectivity index (χ1) is 9.56. The summed E-state index contributed by atoms with van der Waals surface area (Å²) < 4.78 is 5.25. The molecule has 0 unspecified atom stereocenters. The molecule has 2 saturated heterocycles. The van der Waals surface area contributed by atoms with Gasteiger partial charge in [0.05, 0.1) is 0 Å². The molecular formula is C15H23N3O2. The van der Waals surface area contributed by atoms with Crippen molar-refractivity contribution in [1.82, 2.24) is 15.0 Å². The predicted octanol–water partition coefficient (Wildman–Crippen LogP) is 2.11. The molecule has 0 spiro atoms. The van der Waals surface area contributed by atoms with Gasteiger partial charge in [0.25, 0.3) is 5.91 Å². The molecule has 0 aromatic carbocycles. The van der Waals surface area contributed by atoms with Crippen LogP contribution in [0, 0.1) is 0 Å². The van der Waals surface area contributed by atoms with Gasteiger partial charge in [-0.25, -0.2) is 0 Å². The molecule has 0 N–H and O–H groups in total. The number of aromatic nitrogens is 1. The SMILES string of the molecule is CC(C)c1cc(C(=O)N2C[C@@H]3CCCN3C[C@H]2C)no1. The lowest BCUT2D eigenvalue weighted by Crippen LogP contribution is -2.56. The Labute approximate surface area is 119 Å². The number of carbonyl (C=O) groups is 1. The zero-order chi connectivity index (χ0) is 14.3. The first-order valence-corrected chi connectivity index (χ1v) is 7.58. The summed E-state index contributed by atoms with van der Waals surface area (Å²) in [5.74, 6) is 1.05.